The van der Waals surface area contributed by atoms with Gasteiger partial charge in [0.1, 0.15) is 4.47 Å². The molecule has 0 radical (unpaired) electrons. The molecule has 1 aromatic rings. The van der Waals surface area contributed by atoms with Crippen LogP contribution in [0.1, 0.15) is 6.92 Å². The van der Waals surface area contributed by atoms with Crippen molar-refractivity contribution in [2.24, 2.45) is 0 Å². The van der Waals surface area contributed by atoms with Crippen LogP contribution in [0.3, 0.4) is 0 Å². The van der Waals surface area contributed by atoms with E-state index in [0.29, 0.717) is 36.4 Å². The second-order valence-electron chi connectivity index (χ2n) is 3.80. The molecular formula is C11H17BrN4O3. The Morgan fingerprint density at radius 3 is 2.89 bits per heavy atom. The van der Waals surface area contributed by atoms with Gasteiger partial charge in [-0.1, -0.05) is 0 Å². The van der Waals surface area contributed by atoms with Gasteiger partial charge in [-0.25, -0.2) is 4.68 Å². The Morgan fingerprint density at radius 2 is 2.26 bits per heavy atom. The number of rotatable bonds is 7. The quantitative estimate of drug-likeness (QED) is 0.697. The smallest absolute Gasteiger partial charge is 0.283 e. The van der Waals surface area contributed by atoms with Gasteiger partial charge in [0.15, 0.2) is 0 Å². The lowest BCUT2D eigenvalue weighted by Gasteiger charge is -2.10. The van der Waals surface area contributed by atoms with Crippen molar-refractivity contribution in [1.29, 1.82) is 0 Å². The second-order valence-corrected chi connectivity index (χ2v) is 4.60. The van der Waals surface area contributed by atoms with E-state index >= 15 is 0 Å². The Balaban J connectivity index is 2.63. The van der Waals surface area contributed by atoms with Crippen LogP contribution in [0, 0.1) is 0 Å². The summed E-state index contributed by atoms with van der Waals surface area (Å²) in [4.78, 5) is 22.6. The summed E-state index contributed by atoms with van der Waals surface area (Å²) in [7, 11) is 1.57. The van der Waals surface area contributed by atoms with Gasteiger partial charge < -0.3 is 15.4 Å². The number of hydrogen-bond donors (Lipinski definition) is 2. The zero-order chi connectivity index (χ0) is 14.3. The van der Waals surface area contributed by atoms with E-state index in [4.69, 9.17) is 4.74 Å². The van der Waals surface area contributed by atoms with Gasteiger partial charge in [0.25, 0.3) is 5.56 Å². The van der Waals surface area contributed by atoms with Crippen LogP contribution in [-0.4, -0.2) is 42.5 Å². The fourth-order valence-corrected chi connectivity index (χ4v) is 1.81. The number of carbonyl (C=O) groups excluding carboxylic acids is 1. The Bertz CT molecular complexity index is 489. The summed E-state index contributed by atoms with van der Waals surface area (Å²) in [5.41, 5.74) is 0.380. The van der Waals surface area contributed by atoms with Crippen LogP contribution in [-0.2, 0) is 16.1 Å². The number of hydrogen-bond acceptors (Lipinski definition) is 5. The molecule has 0 spiro atoms. The molecule has 1 amide bonds. The standard InChI is InChI=1S/C11H17BrN4O3/c1-8(17)13-3-4-14-9-7-15-16(5-6-19-2)11(18)10(9)12/h7,14H,3-6H2,1-2H3,(H,13,17). The van der Waals surface area contributed by atoms with Gasteiger partial charge in [0.2, 0.25) is 5.91 Å². The average molecular weight is 333 g/mol. The molecule has 1 heterocycles. The molecule has 0 aliphatic carbocycles. The minimum atomic E-state index is -0.221. The summed E-state index contributed by atoms with van der Waals surface area (Å²) in [5.74, 6) is -0.0889. The molecule has 0 fully saturated rings. The van der Waals surface area contributed by atoms with Crippen LogP contribution >= 0.6 is 15.9 Å². The number of amides is 1. The predicted molar refractivity (Wildman–Crippen MR) is 75.2 cm³/mol. The minimum Gasteiger partial charge on any atom is -0.383 e. The van der Waals surface area contributed by atoms with Crippen LogP contribution in [0.5, 0.6) is 0 Å². The number of halogens is 1. The molecule has 0 aromatic carbocycles. The molecule has 0 aliphatic heterocycles. The summed E-state index contributed by atoms with van der Waals surface area (Å²) in [5, 5.41) is 9.71. The number of carbonyl (C=O) groups is 1. The number of nitrogens with one attached hydrogen (secondary N) is 2. The molecule has 7 nitrogen and oxygen atoms in total. The van der Waals surface area contributed by atoms with Crippen LogP contribution in [0.2, 0.25) is 0 Å². The van der Waals surface area contributed by atoms with Gasteiger partial charge in [0.05, 0.1) is 25.0 Å². The lowest BCUT2D eigenvalue weighted by atomic mass is 10.4. The summed E-state index contributed by atoms with van der Waals surface area (Å²) in [6.07, 6.45) is 1.56. The van der Waals surface area contributed by atoms with Gasteiger partial charge in [-0.15, -0.1) is 0 Å². The maximum absolute atomic E-state index is 11.9. The van der Waals surface area contributed by atoms with Gasteiger partial charge in [-0.05, 0) is 15.9 Å². The largest absolute Gasteiger partial charge is 0.383 e. The van der Waals surface area contributed by atoms with E-state index < -0.39 is 0 Å². The number of ether oxygens (including phenoxy) is 1. The van der Waals surface area contributed by atoms with Crippen molar-refractivity contribution < 1.29 is 9.53 Å². The number of methoxy groups -OCH3 is 1. The number of nitrogens with zero attached hydrogens (tertiary/aromatic N) is 2. The Kier molecular flexibility index (Phi) is 6.51. The SMILES string of the molecule is COCCn1ncc(NCCNC(C)=O)c(Br)c1=O. The highest BCUT2D eigenvalue weighted by molar-refractivity contribution is 9.10. The highest BCUT2D eigenvalue weighted by atomic mass is 79.9. The van der Waals surface area contributed by atoms with Crippen molar-refractivity contribution in [3.05, 3.63) is 21.0 Å². The summed E-state index contributed by atoms with van der Waals surface area (Å²) in [6, 6.07) is 0. The van der Waals surface area contributed by atoms with E-state index in [9.17, 15) is 9.59 Å². The molecule has 0 atom stereocenters. The Morgan fingerprint density at radius 1 is 1.53 bits per heavy atom. The highest BCUT2D eigenvalue weighted by Crippen LogP contribution is 2.15. The van der Waals surface area contributed by atoms with E-state index in [1.807, 2.05) is 0 Å². The van der Waals surface area contributed by atoms with Crippen LogP contribution in [0.15, 0.2) is 15.5 Å². The van der Waals surface area contributed by atoms with E-state index in [1.54, 1.807) is 13.3 Å². The molecule has 0 aliphatic rings. The molecule has 0 saturated carbocycles. The van der Waals surface area contributed by atoms with Crippen molar-refractivity contribution in [3.8, 4) is 0 Å². The van der Waals surface area contributed by atoms with E-state index in [0.717, 1.165) is 0 Å². The number of anilines is 1. The third-order valence-electron chi connectivity index (χ3n) is 2.31. The van der Waals surface area contributed by atoms with Crippen molar-refractivity contribution >= 4 is 27.5 Å². The van der Waals surface area contributed by atoms with Crippen molar-refractivity contribution in [3.63, 3.8) is 0 Å². The van der Waals surface area contributed by atoms with Gasteiger partial charge in [-0.3, -0.25) is 9.59 Å². The average Bonchev–Trinajstić information content (AvgIpc) is 2.38. The van der Waals surface area contributed by atoms with E-state index in [-0.39, 0.29) is 11.5 Å². The molecule has 8 heteroatoms. The third-order valence-corrected chi connectivity index (χ3v) is 3.07. The topological polar surface area (TPSA) is 85.2 Å². The molecule has 19 heavy (non-hydrogen) atoms. The van der Waals surface area contributed by atoms with E-state index in [1.165, 1.54) is 11.6 Å². The van der Waals surface area contributed by atoms with Gasteiger partial charge >= 0.3 is 0 Å². The molecule has 0 saturated heterocycles. The van der Waals surface area contributed by atoms with Crippen LogP contribution in [0.25, 0.3) is 0 Å². The second kappa shape index (κ2) is 7.90. The van der Waals surface area contributed by atoms with E-state index in [2.05, 4.69) is 31.7 Å². The fraction of sp³-hybridized carbons (Fsp3) is 0.545. The Hall–Kier alpha value is -1.41. The highest BCUT2D eigenvalue weighted by Gasteiger charge is 2.08. The first-order valence-corrected chi connectivity index (χ1v) is 6.58. The van der Waals surface area contributed by atoms with Crippen LogP contribution in [0.4, 0.5) is 5.69 Å². The van der Waals surface area contributed by atoms with Crippen LogP contribution < -0.4 is 16.2 Å². The molecule has 2 N–H and O–H groups in total. The molecule has 1 aromatic heterocycles. The maximum atomic E-state index is 11.9. The minimum absolute atomic E-state index is 0.0889. The maximum Gasteiger partial charge on any atom is 0.283 e. The van der Waals surface area contributed by atoms with Gasteiger partial charge in [0, 0.05) is 27.1 Å². The predicted octanol–water partition coefficient (Wildman–Crippen LogP) is 0.200. The van der Waals surface area contributed by atoms with Crippen molar-refractivity contribution in [2.45, 2.75) is 13.5 Å². The summed E-state index contributed by atoms with van der Waals surface area (Å²) in [6.45, 7) is 3.28. The first-order chi connectivity index (χ1) is 9.06. The molecule has 1 rings (SSSR count). The van der Waals surface area contributed by atoms with Crippen molar-refractivity contribution in [1.82, 2.24) is 15.1 Å². The monoisotopic (exact) mass is 332 g/mol. The lowest BCUT2D eigenvalue weighted by Crippen LogP contribution is -2.29. The first-order valence-electron chi connectivity index (χ1n) is 5.79. The molecular weight excluding hydrogens is 316 g/mol. The van der Waals surface area contributed by atoms with Crippen molar-refractivity contribution in [2.75, 3.05) is 32.1 Å². The van der Waals surface area contributed by atoms with Gasteiger partial charge in [-0.2, -0.15) is 5.10 Å². The zero-order valence-electron chi connectivity index (χ0n) is 10.9. The normalized spacial score (nSPS) is 10.3. The fourth-order valence-electron chi connectivity index (χ4n) is 1.36. The molecule has 0 unspecified atom stereocenters. The molecule has 106 valence electrons. The zero-order valence-corrected chi connectivity index (χ0v) is 12.5. The summed E-state index contributed by atoms with van der Waals surface area (Å²) >= 11 is 3.24. The number of aromatic nitrogens is 2. The first kappa shape index (κ1) is 15.6. The third kappa shape index (κ3) is 4.99. The molecule has 0 bridgehead atoms. The summed E-state index contributed by atoms with van der Waals surface area (Å²) < 4.78 is 6.65. The Labute approximate surface area is 119 Å². The lowest BCUT2D eigenvalue weighted by molar-refractivity contribution is -0.118.